The summed E-state index contributed by atoms with van der Waals surface area (Å²) in [5, 5.41) is 17.3. The van der Waals surface area contributed by atoms with Crippen LogP contribution in [-0.2, 0) is 4.79 Å². The number of nitrogens with one attached hydrogen (secondary N) is 1. The van der Waals surface area contributed by atoms with Crippen LogP contribution in [0.15, 0.2) is 36.7 Å². The Labute approximate surface area is 102 Å². The zero-order valence-corrected chi connectivity index (χ0v) is 9.53. The Hall–Kier alpha value is -2.70. The third-order valence-electron chi connectivity index (χ3n) is 2.20. The molecule has 0 unspecified atom stereocenters. The Kier molecular flexibility index (Phi) is 3.05. The highest BCUT2D eigenvalue weighted by atomic mass is 16.6. The van der Waals surface area contributed by atoms with Gasteiger partial charge in [0.25, 0.3) is 5.69 Å². The number of carbonyl (C=O) groups excluding carboxylic acids is 1. The second kappa shape index (κ2) is 4.66. The molecule has 0 bridgehead atoms. The Morgan fingerprint density at radius 1 is 1.44 bits per heavy atom. The lowest BCUT2D eigenvalue weighted by Crippen LogP contribution is -2.07. The van der Waals surface area contributed by atoms with Crippen LogP contribution in [0.3, 0.4) is 0 Å². The van der Waals surface area contributed by atoms with Gasteiger partial charge >= 0.3 is 0 Å². The average Bonchev–Trinajstić information content (AvgIpc) is 2.80. The number of hydrogen-bond donors (Lipinski definition) is 1. The van der Waals surface area contributed by atoms with Crippen LogP contribution in [0.5, 0.6) is 0 Å². The average molecular weight is 246 g/mol. The summed E-state index contributed by atoms with van der Waals surface area (Å²) in [6.07, 6.45) is 3.23. The molecular formula is C11H10N4O3. The van der Waals surface area contributed by atoms with Crippen molar-refractivity contribution >= 4 is 17.3 Å². The standard InChI is InChI=1S/C11H10N4O3/c1-8(16)13-9-5-10(14-4-2-3-12-14)7-11(6-9)15(17)18/h2-7H,1H3,(H,13,16). The van der Waals surface area contributed by atoms with Gasteiger partial charge in [-0.05, 0) is 12.1 Å². The van der Waals surface area contributed by atoms with Gasteiger partial charge in [0.05, 0.1) is 10.6 Å². The van der Waals surface area contributed by atoms with Gasteiger partial charge in [-0.1, -0.05) is 0 Å². The van der Waals surface area contributed by atoms with Gasteiger partial charge < -0.3 is 5.32 Å². The van der Waals surface area contributed by atoms with Crippen LogP contribution in [-0.4, -0.2) is 20.6 Å². The summed E-state index contributed by atoms with van der Waals surface area (Å²) in [4.78, 5) is 21.3. The fourth-order valence-corrected chi connectivity index (χ4v) is 1.53. The predicted molar refractivity (Wildman–Crippen MR) is 64.5 cm³/mol. The molecule has 0 radical (unpaired) electrons. The molecule has 7 heteroatoms. The Morgan fingerprint density at radius 2 is 2.22 bits per heavy atom. The highest BCUT2D eigenvalue weighted by Gasteiger charge is 2.11. The van der Waals surface area contributed by atoms with Crippen molar-refractivity contribution in [3.63, 3.8) is 0 Å². The zero-order valence-electron chi connectivity index (χ0n) is 9.53. The number of anilines is 1. The molecule has 1 amide bonds. The third kappa shape index (κ3) is 2.51. The molecule has 18 heavy (non-hydrogen) atoms. The van der Waals surface area contributed by atoms with Crippen LogP contribution in [0.4, 0.5) is 11.4 Å². The van der Waals surface area contributed by atoms with E-state index in [1.54, 1.807) is 24.5 Å². The molecule has 1 N–H and O–H groups in total. The second-order valence-electron chi connectivity index (χ2n) is 3.63. The number of nitro benzene ring substituents is 1. The molecule has 2 rings (SSSR count). The lowest BCUT2D eigenvalue weighted by atomic mass is 10.2. The molecule has 0 fully saturated rings. The van der Waals surface area contributed by atoms with E-state index in [1.807, 2.05) is 0 Å². The van der Waals surface area contributed by atoms with Gasteiger partial charge in [-0.3, -0.25) is 14.9 Å². The van der Waals surface area contributed by atoms with Crippen molar-refractivity contribution in [3.05, 3.63) is 46.8 Å². The van der Waals surface area contributed by atoms with Gasteiger partial charge in [-0.2, -0.15) is 5.10 Å². The molecule has 92 valence electrons. The number of amides is 1. The summed E-state index contributed by atoms with van der Waals surface area (Å²) in [6, 6.07) is 6.00. The molecule has 7 nitrogen and oxygen atoms in total. The molecule has 0 saturated heterocycles. The molecule has 2 aromatic rings. The van der Waals surface area contributed by atoms with Crippen molar-refractivity contribution in [2.75, 3.05) is 5.32 Å². The van der Waals surface area contributed by atoms with E-state index in [2.05, 4.69) is 10.4 Å². The van der Waals surface area contributed by atoms with E-state index in [0.29, 0.717) is 11.4 Å². The fraction of sp³-hybridized carbons (Fsp3) is 0.0909. The van der Waals surface area contributed by atoms with Crippen molar-refractivity contribution in [3.8, 4) is 5.69 Å². The fourth-order valence-electron chi connectivity index (χ4n) is 1.53. The summed E-state index contributed by atoms with van der Waals surface area (Å²) in [7, 11) is 0. The number of benzene rings is 1. The summed E-state index contributed by atoms with van der Waals surface area (Å²) < 4.78 is 1.48. The van der Waals surface area contributed by atoms with Crippen LogP contribution in [0, 0.1) is 10.1 Å². The lowest BCUT2D eigenvalue weighted by Gasteiger charge is -2.06. The summed E-state index contributed by atoms with van der Waals surface area (Å²) in [5.74, 6) is -0.290. The van der Waals surface area contributed by atoms with Crippen LogP contribution in [0.2, 0.25) is 0 Å². The van der Waals surface area contributed by atoms with Gasteiger partial charge in [0.15, 0.2) is 0 Å². The first-order chi connectivity index (χ1) is 8.56. The van der Waals surface area contributed by atoms with E-state index < -0.39 is 4.92 Å². The molecule has 0 atom stereocenters. The number of carbonyl (C=O) groups is 1. The highest BCUT2D eigenvalue weighted by Crippen LogP contribution is 2.23. The van der Waals surface area contributed by atoms with E-state index in [0.717, 1.165) is 0 Å². The molecular weight excluding hydrogens is 236 g/mol. The summed E-state index contributed by atoms with van der Waals surface area (Å²) in [6.45, 7) is 1.34. The highest BCUT2D eigenvalue weighted by molar-refractivity contribution is 5.89. The minimum Gasteiger partial charge on any atom is -0.326 e. The van der Waals surface area contributed by atoms with Gasteiger partial charge in [0.2, 0.25) is 5.91 Å². The maximum Gasteiger partial charge on any atom is 0.273 e. The maximum absolute atomic E-state index is 11.0. The van der Waals surface area contributed by atoms with Crippen LogP contribution in [0.1, 0.15) is 6.92 Å². The molecule has 1 aromatic heterocycles. The summed E-state index contributed by atoms with van der Waals surface area (Å²) in [5.41, 5.74) is 0.770. The third-order valence-corrected chi connectivity index (χ3v) is 2.20. The molecule has 0 saturated carbocycles. The van der Waals surface area contributed by atoms with Crippen molar-refractivity contribution in [2.24, 2.45) is 0 Å². The van der Waals surface area contributed by atoms with Gasteiger partial charge in [0.1, 0.15) is 0 Å². The van der Waals surface area contributed by atoms with Crippen molar-refractivity contribution in [1.82, 2.24) is 9.78 Å². The number of nitrogens with zero attached hydrogens (tertiary/aromatic N) is 3. The molecule has 0 aliphatic heterocycles. The predicted octanol–water partition coefficient (Wildman–Crippen LogP) is 1.74. The smallest absolute Gasteiger partial charge is 0.273 e. The minimum atomic E-state index is -0.516. The van der Waals surface area contributed by atoms with E-state index in [1.165, 1.54) is 23.7 Å². The number of non-ortho nitro benzene ring substituents is 1. The normalized spacial score (nSPS) is 10.1. The van der Waals surface area contributed by atoms with E-state index in [9.17, 15) is 14.9 Å². The number of nitro groups is 1. The van der Waals surface area contributed by atoms with E-state index in [4.69, 9.17) is 0 Å². The molecule has 1 heterocycles. The molecule has 1 aromatic carbocycles. The SMILES string of the molecule is CC(=O)Nc1cc(-n2cccn2)cc([N+](=O)[O-])c1. The Bertz CT molecular complexity index is 592. The number of rotatable bonds is 3. The van der Waals surface area contributed by atoms with Gasteiger partial charge in [-0.25, -0.2) is 4.68 Å². The maximum atomic E-state index is 11.0. The number of aromatic nitrogens is 2. The van der Waals surface area contributed by atoms with E-state index >= 15 is 0 Å². The number of hydrogen-bond acceptors (Lipinski definition) is 4. The van der Waals surface area contributed by atoms with Crippen LogP contribution >= 0.6 is 0 Å². The van der Waals surface area contributed by atoms with Gasteiger partial charge in [-0.15, -0.1) is 0 Å². The lowest BCUT2D eigenvalue weighted by molar-refractivity contribution is -0.384. The van der Waals surface area contributed by atoms with Crippen molar-refractivity contribution in [2.45, 2.75) is 6.92 Å². The van der Waals surface area contributed by atoms with Crippen molar-refractivity contribution < 1.29 is 9.72 Å². The second-order valence-corrected chi connectivity index (χ2v) is 3.63. The first kappa shape index (κ1) is 11.8. The van der Waals surface area contributed by atoms with Crippen molar-refractivity contribution in [1.29, 1.82) is 0 Å². The Morgan fingerprint density at radius 3 is 2.78 bits per heavy atom. The first-order valence-corrected chi connectivity index (χ1v) is 5.13. The molecule has 0 aliphatic carbocycles. The minimum absolute atomic E-state index is 0.105. The largest absolute Gasteiger partial charge is 0.326 e. The Balaban J connectivity index is 2.49. The zero-order chi connectivity index (χ0) is 13.1. The summed E-state index contributed by atoms with van der Waals surface area (Å²) >= 11 is 0. The quantitative estimate of drug-likeness (QED) is 0.659. The van der Waals surface area contributed by atoms with E-state index in [-0.39, 0.29) is 11.6 Å². The van der Waals surface area contributed by atoms with Gasteiger partial charge in [0, 0.05) is 37.1 Å². The van der Waals surface area contributed by atoms with Crippen LogP contribution < -0.4 is 5.32 Å². The monoisotopic (exact) mass is 246 g/mol. The molecule has 0 aliphatic rings. The first-order valence-electron chi connectivity index (χ1n) is 5.13. The topological polar surface area (TPSA) is 90.1 Å². The molecule has 0 spiro atoms. The van der Waals surface area contributed by atoms with Crippen LogP contribution in [0.25, 0.3) is 5.69 Å².